The van der Waals surface area contributed by atoms with Crippen LogP contribution in [-0.4, -0.2) is 14.5 Å². The monoisotopic (exact) mass is 1140 g/mol. The van der Waals surface area contributed by atoms with Gasteiger partial charge in [0.1, 0.15) is 5.65 Å². The molecule has 3 aromatic heterocycles. The number of nitrogens with zero attached hydrogens (tertiary/aromatic N) is 5. The third-order valence-corrected chi connectivity index (χ3v) is 16.9. The van der Waals surface area contributed by atoms with E-state index in [9.17, 15) is 0 Å². The second-order valence-electron chi connectivity index (χ2n) is 22.5. The zero-order valence-electron chi connectivity index (χ0n) is 42.8. The Hall–Kier alpha value is -7.27. The summed E-state index contributed by atoms with van der Waals surface area (Å²) in [4.78, 5) is 14.9. The van der Waals surface area contributed by atoms with Crippen molar-refractivity contribution in [3.05, 3.63) is 210 Å². The molecule has 0 atom stereocenters. The van der Waals surface area contributed by atoms with Crippen molar-refractivity contribution in [3.8, 4) is 39.4 Å². The van der Waals surface area contributed by atoms with Crippen LogP contribution in [0.5, 0.6) is 11.5 Å². The molecule has 7 heteroatoms. The second kappa shape index (κ2) is 17.1. The van der Waals surface area contributed by atoms with Crippen LogP contribution in [0.1, 0.15) is 101 Å². The van der Waals surface area contributed by atoms with E-state index in [4.69, 9.17) is 14.7 Å². The summed E-state index contributed by atoms with van der Waals surface area (Å²) in [6, 6.07) is 63.3. The van der Waals surface area contributed by atoms with Gasteiger partial charge in [0.15, 0.2) is 17.3 Å². The number of benzene rings is 7. The predicted molar refractivity (Wildman–Crippen MR) is 298 cm³/mol. The van der Waals surface area contributed by atoms with Crippen molar-refractivity contribution in [3.63, 3.8) is 0 Å². The molecule has 0 unspecified atom stereocenters. The minimum atomic E-state index is -0.301. The Labute approximate surface area is 449 Å². The van der Waals surface area contributed by atoms with Crippen molar-refractivity contribution >= 4 is 56.2 Å². The van der Waals surface area contributed by atoms with E-state index in [-0.39, 0.29) is 37.3 Å². The van der Waals surface area contributed by atoms with Crippen LogP contribution in [-0.2, 0) is 50.2 Å². The number of ether oxygens (including phenoxy) is 1. The van der Waals surface area contributed by atoms with E-state index in [1.165, 1.54) is 80.3 Å². The van der Waals surface area contributed by atoms with E-state index in [0.29, 0.717) is 5.75 Å². The fraction of sp³-hybridized carbons (Fsp3) is 0.224. The SMILES string of the molecule is CC1(C)CCC(C)(C)c2cc(-c3ccnc4c3c3ccccc3n4-c3[c-]c(N(c4[c-]c(N5c6ncccc6Oc6ccc7c(c65)C(C)(C)c5ccccc5-7)ccc4)c4cccc5c4CCCC5)ccc3)ccc21.[Pt+2]. The van der Waals surface area contributed by atoms with Crippen molar-refractivity contribution in [1.29, 1.82) is 0 Å². The summed E-state index contributed by atoms with van der Waals surface area (Å²) in [5.74, 6) is 2.25. The molecule has 0 N–H and O–H groups in total. The number of aryl methyl sites for hydroxylation is 1. The maximum Gasteiger partial charge on any atom is 2.00 e. The van der Waals surface area contributed by atoms with E-state index >= 15 is 0 Å². The standard InChI is InChI=1S/C67H57N5O.Pt/c1-65(2)35-36-66(3,4)55-39-43(30-32-54(55)65)49-34-38-69-64-60(49)52-25-10-12-27-57(52)71(64)46-21-14-19-44(40-46)70(56-28-13-18-42-17-7-8-23-48(42)56)45-20-15-22-47(41-45)72-62-58(73-59-29-16-37-68-63(59)72)33-31-51-50-24-9-11-26-53(50)67(5,6)61(51)62;/h9-16,18-22,24-34,37-39H,7-8,17,23,35-36H2,1-6H3;/q-2;+2. The van der Waals surface area contributed by atoms with Crippen LogP contribution < -0.4 is 14.5 Å². The fourth-order valence-corrected chi connectivity index (χ4v) is 13.1. The number of rotatable bonds is 6. The van der Waals surface area contributed by atoms with Gasteiger partial charge in [-0.25, -0.2) is 9.97 Å². The Morgan fingerprint density at radius 2 is 1.32 bits per heavy atom. The number of hydrogen-bond acceptors (Lipinski definition) is 5. The fourth-order valence-electron chi connectivity index (χ4n) is 13.1. The van der Waals surface area contributed by atoms with Gasteiger partial charge in [-0.3, -0.25) is 0 Å². The third kappa shape index (κ3) is 7.00. The van der Waals surface area contributed by atoms with Crippen molar-refractivity contribution < 1.29 is 25.8 Å². The molecule has 74 heavy (non-hydrogen) atoms. The Bertz CT molecular complexity index is 3920. The topological polar surface area (TPSA) is 46.4 Å². The number of hydrogen-bond donors (Lipinski definition) is 0. The molecule has 366 valence electrons. The van der Waals surface area contributed by atoms with Crippen LogP contribution in [0.3, 0.4) is 0 Å². The zero-order chi connectivity index (χ0) is 49.4. The van der Waals surface area contributed by atoms with Crippen molar-refractivity contribution in [2.45, 2.75) is 96.3 Å². The van der Waals surface area contributed by atoms with Gasteiger partial charge in [-0.15, -0.1) is 36.4 Å². The molecule has 0 fully saturated rings. The molecular formula is C67H57N5OPt. The van der Waals surface area contributed by atoms with Crippen molar-refractivity contribution in [2.75, 3.05) is 9.80 Å². The van der Waals surface area contributed by atoms with E-state index in [2.05, 4.69) is 208 Å². The van der Waals surface area contributed by atoms with Gasteiger partial charge >= 0.3 is 21.1 Å². The van der Waals surface area contributed by atoms with E-state index in [0.717, 1.165) is 81.5 Å². The van der Waals surface area contributed by atoms with Crippen molar-refractivity contribution in [2.24, 2.45) is 0 Å². The molecule has 14 rings (SSSR count). The van der Waals surface area contributed by atoms with Crippen LogP contribution in [0.2, 0.25) is 0 Å². The summed E-state index contributed by atoms with van der Waals surface area (Å²) in [6.07, 6.45) is 10.6. The molecule has 0 spiro atoms. The van der Waals surface area contributed by atoms with E-state index in [1.54, 1.807) is 0 Å². The molecule has 0 amide bonds. The molecule has 4 aliphatic rings. The molecule has 7 aromatic carbocycles. The normalized spacial score (nSPS) is 16.2. The smallest absolute Gasteiger partial charge is 0.451 e. The first-order chi connectivity index (χ1) is 35.5. The zero-order valence-corrected chi connectivity index (χ0v) is 45.1. The first-order valence-electron chi connectivity index (χ1n) is 26.2. The Morgan fingerprint density at radius 3 is 2.18 bits per heavy atom. The van der Waals surface area contributed by atoms with Gasteiger partial charge < -0.3 is 19.1 Å². The van der Waals surface area contributed by atoms with Crippen LogP contribution in [0.15, 0.2) is 164 Å². The Kier molecular flexibility index (Phi) is 10.8. The van der Waals surface area contributed by atoms with Gasteiger partial charge in [0.2, 0.25) is 0 Å². The largest absolute Gasteiger partial charge is 2.00 e. The van der Waals surface area contributed by atoms with Crippen molar-refractivity contribution in [1.82, 2.24) is 14.5 Å². The van der Waals surface area contributed by atoms with E-state index < -0.39 is 0 Å². The number of fused-ring (bicyclic) bond motifs is 11. The summed E-state index contributed by atoms with van der Waals surface area (Å²) < 4.78 is 9.08. The first-order valence-corrected chi connectivity index (χ1v) is 26.2. The van der Waals surface area contributed by atoms with Crippen LogP contribution >= 0.6 is 0 Å². The second-order valence-corrected chi connectivity index (χ2v) is 22.5. The van der Waals surface area contributed by atoms with Gasteiger partial charge in [0.05, 0.1) is 11.2 Å². The van der Waals surface area contributed by atoms with Gasteiger partial charge in [-0.1, -0.05) is 143 Å². The number of aromatic nitrogens is 3. The minimum Gasteiger partial charge on any atom is -0.451 e. The van der Waals surface area contributed by atoms with Crippen LogP contribution in [0.25, 0.3) is 49.9 Å². The number of para-hydroxylation sites is 1. The average Bonchev–Trinajstić information content (AvgIpc) is 3.88. The summed E-state index contributed by atoms with van der Waals surface area (Å²) in [5, 5.41) is 2.32. The molecule has 4 heterocycles. The molecular weight excluding hydrogens is 1090 g/mol. The van der Waals surface area contributed by atoms with E-state index in [1.807, 2.05) is 24.5 Å². The summed E-state index contributed by atoms with van der Waals surface area (Å²) in [5.41, 5.74) is 20.9. The molecule has 0 bridgehead atoms. The van der Waals surface area contributed by atoms with Crippen LogP contribution in [0.4, 0.5) is 34.3 Å². The average molecular weight is 1140 g/mol. The summed E-state index contributed by atoms with van der Waals surface area (Å²) in [6.45, 7) is 14.3. The molecule has 0 radical (unpaired) electrons. The van der Waals surface area contributed by atoms with Gasteiger partial charge in [-0.05, 0) is 141 Å². The maximum atomic E-state index is 6.76. The molecule has 6 nitrogen and oxygen atoms in total. The quantitative estimate of drug-likeness (QED) is 0.155. The molecule has 0 saturated carbocycles. The van der Waals surface area contributed by atoms with Crippen LogP contribution in [0, 0.1) is 12.1 Å². The maximum absolute atomic E-state index is 6.76. The molecule has 1 aliphatic heterocycles. The molecule has 3 aliphatic carbocycles. The Morgan fingerprint density at radius 1 is 0.581 bits per heavy atom. The first kappa shape index (κ1) is 46.5. The minimum absolute atomic E-state index is 0. The predicted octanol–water partition coefficient (Wildman–Crippen LogP) is 17.4. The van der Waals surface area contributed by atoms with Gasteiger partial charge in [-0.2, -0.15) is 12.1 Å². The summed E-state index contributed by atoms with van der Waals surface area (Å²) in [7, 11) is 0. The Balaban J connectivity index is 0.00000528. The molecule has 10 aromatic rings. The van der Waals surface area contributed by atoms with Gasteiger partial charge in [0.25, 0.3) is 0 Å². The number of pyridine rings is 2. The molecule has 0 saturated heterocycles. The summed E-state index contributed by atoms with van der Waals surface area (Å²) >= 11 is 0. The number of anilines is 6. The van der Waals surface area contributed by atoms with Gasteiger partial charge in [0, 0.05) is 34.3 Å². The third-order valence-electron chi connectivity index (χ3n) is 16.9.